The first-order valence-corrected chi connectivity index (χ1v) is 5.48. The summed E-state index contributed by atoms with van der Waals surface area (Å²) in [4.78, 5) is 6.31. The highest BCUT2D eigenvalue weighted by Crippen LogP contribution is 2.18. The Morgan fingerprint density at radius 1 is 1.44 bits per heavy atom. The Hall–Kier alpha value is -0.940. The molecule has 0 saturated carbocycles. The lowest BCUT2D eigenvalue weighted by Crippen LogP contribution is -2.31. The van der Waals surface area contributed by atoms with Crippen molar-refractivity contribution in [3.8, 4) is 0 Å². The van der Waals surface area contributed by atoms with Crippen LogP contribution in [0.2, 0.25) is 0 Å². The highest BCUT2D eigenvalue weighted by atomic mass is 16.5. The van der Waals surface area contributed by atoms with Crippen molar-refractivity contribution in [1.29, 1.82) is 0 Å². The zero-order valence-corrected chi connectivity index (χ0v) is 10.7. The predicted molar refractivity (Wildman–Crippen MR) is 61.0 cm³/mol. The molecular weight excluding hydrogens is 206 g/mol. The molecule has 1 heterocycles. The van der Waals surface area contributed by atoms with Crippen molar-refractivity contribution in [2.24, 2.45) is 0 Å². The number of rotatable bonds is 4. The van der Waals surface area contributed by atoms with Crippen LogP contribution in [0, 0.1) is 0 Å². The van der Waals surface area contributed by atoms with Gasteiger partial charge in [0.2, 0.25) is 5.89 Å². The number of hydrogen-bond acceptors (Lipinski definition) is 5. The highest BCUT2D eigenvalue weighted by molar-refractivity contribution is 4.99. The summed E-state index contributed by atoms with van der Waals surface area (Å²) in [6.45, 7) is 8.76. The van der Waals surface area contributed by atoms with Crippen LogP contribution >= 0.6 is 0 Å². The first-order valence-electron chi connectivity index (χ1n) is 5.48. The van der Waals surface area contributed by atoms with Crippen LogP contribution in [0.25, 0.3) is 0 Å². The largest absolute Gasteiger partial charge is 0.395 e. The maximum Gasteiger partial charge on any atom is 0.240 e. The summed E-state index contributed by atoms with van der Waals surface area (Å²) in [5.74, 6) is 1.31. The molecule has 0 amide bonds. The number of aromatic nitrogens is 2. The number of aliphatic hydroxyl groups is 1. The molecular formula is C11H21N3O2. The van der Waals surface area contributed by atoms with Gasteiger partial charge in [-0.05, 0) is 14.0 Å². The van der Waals surface area contributed by atoms with E-state index in [1.807, 2.05) is 39.6 Å². The number of likely N-dealkylation sites (N-methyl/N-ethyl adjacent to an activating group) is 1. The maximum absolute atomic E-state index is 9.01. The third-order valence-corrected chi connectivity index (χ3v) is 2.54. The van der Waals surface area contributed by atoms with E-state index in [1.165, 1.54) is 0 Å². The molecule has 0 bridgehead atoms. The fourth-order valence-corrected chi connectivity index (χ4v) is 1.13. The average Bonchev–Trinajstić information content (AvgIpc) is 2.64. The average molecular weight is 227 g/mol. The molecule has 0 radical (unpaired) electrons. The van der Waals surface area contributed by atoms with Crippen LogP contribution < -0.4 is 0 Å². The second-order valence-electron chi connectivity index (χ2n) is 5.21. The van der Waals surface area contributed by atoms with Gasteiger partial charge in [0.15, 0.2) is 5.82 Å². The number of aliphatic hydroxyl groups excluding tert-OH is 1. The van der Waals surface area contributed by atoms with Gasteiger partial charge in [-0.3, -0.25) is 4.90 Å². The first-order chi connectivity index (χ1) is 7.34. The van der Waals surface area contributed by atoms with E-state index in [0.717, 1.165) is 0 Å². The van der Waals surface area contributed by atoms with Crippen LogP contribution in [0.3, 0.4) is 0 Å². The smallest absolute Gasteiger partial charge is 0.240 e. The highest BCUT2D eigenvalue weighted by Gasteiger charge is 2.21. The molecule has 1 unspecified atom stereocenters. The van der Waals surface area contributed by atoms with Crippen LogP contribution in [-0.2, 0) is 12.0 Å². The van der Waals surface area contributed by atoms with Crippen molar-refractivity contribution in [3.63, 3.8) is 0 Å². The minimum absolute atomic E-state index is 0.0880. The van der Waals surface area contributed by atoms with Crippen LogP contribution in [0.15, 0.2) is 4.52 Å². The van der Waals surface area contributed by atoms with Crippen LogP contribution in [0.5, 0.6) is 0 Å². The molecule has 0 aliphatic heterocycles. The monoisotopic (exact) mass is 227 g/mol. The molecule has 1 rings (SSSR count). The van der Waals surface area contributed by atoms with Gasteiger partial charge in [-0.2, -0.15) is 4.98 Å². The van der Waals surface area contributed by atoms with E-state index in [1.54, 1.807) is 0 Å². The van der Waals surface area contributed by atoms with Crippen molar-refractivity contribution in [1.82, 2.24) is 15.0 Å². The maximum atomic E-state index is 9.01. The minimum atomic E-state index is -0.0943. The second-order valence-corrected chi connectivity index (χ2v) is 5.21. The molecule has 1 aromatic heterocycles. The first kappa shape index (κ1) is 13.1. The summed E-state index contributed by atoms with van der Waals surface area (Å²) in [7, 11) is 1.92. The molecule has 0 aromatic carbocycles. The van der Waals surface area contributed by atoms with Crippen molar-refractivity contribution in [2.45, 2.75) is 45.7 Å². The van der Waals surface area contributed by atoms with Gasteiger partial charge in [-0.15, -0.1) is 0 Å². The molecule has 0 spiro atoms. The topological polar surface area (TPSA) is 62.4 Å². The second kappa shape index (κ2) is 4.93. The van der Waals surface area contributed by atoms with E-state index >= 15 is 0 Å². The normalized spacial score (nSPS) is 14.4. The lowest BCUT2D eigenvalue weighted by molar-refractivity contribution is 0.141. The van der Waals surface area contributed by atoms with E-state index in [2.05, 4.69) is 10.1 Å². The van der Waals surface area contributed by atoms with E-state index in [-0.39, 0.29) is 18.1 Å². The lowest BCUT2D eigenvalue weighted by Gasteiger charge is -2.20. The Morgan fingerprint density at radius 2 is 2.06 bits per heavy atom. The van der Waals surface area contributed by atoms with Gasteiger partial charge in [0, 0.05) is 11.5 Å². The Bertz CT molecular complexity index is 330. The van der Waals surface area contributed by atoms with E-state index < -0.39 is 0 Å². The minimum Gasteiger partial charge on any atom is -0.395 e. The van der Waals surface area contributed by atoms with Crippen LogP contribution in [0.1, 0.15) is 39.4 Å². The molecule has 5 nitrogen and oxygen atoms in total. The third-order valence-electron chi connectivity index (χ3n) is 2.54. The van der Waals surface area contributed by atoms with Gasteiger partial charge in [0.25, 0.3) is 0 Å². The summed E-state index contributed by atoms with van der Waals surface area (Å²) in [6.07, 6.45) is 0. The van der Waals surface area contributed by atoms with Gasteiger partial charge in [0.1, 0.15) is 0 Å². The standard InChI is InChI=1S/C11H21N3O2/c1-8(7-15)14(5)6-9-12-10(13-16-9)11(2,3)4/h8,15H,6-7H2,1-5H3. The summed E-state index contributed by atoms with van der Waals surface area (Å²) >= 11 is 0. The zero-order chi connectivity index (χ0) is 12.3. The van der Waals surface area contributed by atoms with Crippen molar-refractivity contribution >= 4 is 0 Å². The van der Waals surface area contributed by atoms with Gasteiger partial charge in [-0.25, -0.2) is 0 Å². The predicted octanol–water partition coefficient (Wildman–Crippen LogP) is 1.18. The molecule has 1 atom stereocenters. The summed E-state index contributed by atoms with van der Waals surface area (Å²) < 4.78 is 5.17. The lowest BCUT2D eigenvalue weighted by atomic mass is 9.96. The van der Waals surface area contributed by atoms with Crippen LogP contribution in [-0.4, -0.2) is 39.8 Å². The number of hydrogen-bond donors (Lipinski definition) is 1. The molecule has 0 saturated heterocycles. The van der Waals surface area contributed by atoms with E-state index in [0.29, 0.717) is 18.3 Å². The SMILES string of the molecule is CC(CO)N(C)Cc1nc(C(C)(C)C)no1. The van der Waals surface area contributed by atoms with Crippen LogP contribution in [0.4, 0.5) is 0 Å². The molecule has 0 aliphatic rings. The van der Waals surface area contributed by atoms with E-state index in [4.69, 9.17) is 9.63 Å². The van der Waals surface area contributed by atoms with Gasteiger partial charge >= 0.3 is 0 Å². The quantitative estimate of drug-likeness (QED) is 0.837. The molecule has 92 valence electrons. The fraction of sp³-hybridized carbons (Fsp3) is 0.818. The molecule has 1 aromatic rings. The summed E-state index contributed by atoms with van der Waals surface area (Å²) in [5.41, 5.74) is -0.0943. The Kier molecular flexibility index (Phi) is 4.04. The molecule has 0 fully saturated rings. The van der Waals surface area contributed by atoms with Crippen molar-refractivity contribution in [2.75, 3.05) is 13.7 Å². The summed E-state index contributed by atoms with van der Waals surface area (Å²) in [5, 5.41) is 13.0. The van der Waals surface area contributed by atoms with Gasteiger partial charge in [0.05, 0.1) is 13.2 Å². The Labute approximate surface area is 96.5 Å². The third kappa shape index (κ3) is 3.28. The summed E-state index contributed by atoms with van der Waals surface area (Å²) in [6, 6.07) is 0.0880. The van der Waals surface area contributed by atoms with Gasteiger partial charge in [-0.1, -0.05) is 25.9 Å². The Morgan fingerprint density at radius 3 is 2.50 bits per heavy atom. The molecule has 1 N–H and O–H groups in total. The molecule has 16 heavy (non-hydrogen) atoms. The Balaban J connectivity index is 2.66. The van der Waals surface area contributed by atoms with Crippen molar-refractivity contribution < 1.29 is 9.63 Å². The van der Waals surface area contributed by atoms with E-state index in [9.17, 15) is 0 Å². The molecule has 5 heteroatoms. The molecule has 0 aliphatic carbocycles. The zero-order valence-electron chi connectivity index (χ0n) is 10.7. The van der Waals surface area contributed by atoms with Crippen molar-refractivity contribution in [3.05, 3.63) is 11.7 Å². The fourth-order valence-electron chi connectivity index (χ4n) is 1.13. The van der Waals surface area contributed by atoms with Gasteiger partial charge < -0.3 is 9.63 Å². The number of nitrogens with zero attached hydrogens (tertiary/aromatic N) is 3.